The van der Waals surface area contributed by atoms with Crippen molar-refractivity contribution in [2.75, 3.05) is 0 Å². The van der Waals surface area contributed by atoms with Gasteiger partial charge >= 0.3 is 0 Å². The summed E-state index contributed by atoms with van der Waals surface area (Å²) >= 11 is 0. The average Bonchev–Trinajstić information content (AvgIpc) is 2.70. The highest BCUT2D eigenvalue weighted by molar-refractivity contribution is 5.71. The van der Waals surface area contributed by atoms with E-state index in [-0.39, 0.29) is 0 Å². The maximum Gasteiger partial charge on any atom is -0.0224 e. The SMILES string of the molecule is C=C(C)c1ccc(/C(C)=C(C)/C=C\C)cc1.CC.CCc1ccc(C)cc1. The highest BCUT2D eigenvalue weighted by Gasteiger charge is 1.99. The standard InChI is InChI=1S/C16H20.C9H12.C2H6/c1-6-7-13(4)14(5)16-10-8-15(9-11-16)12(2)3;1-3-9-6-4-8(2)5-7-9;1-2/h6-11H,2H2,1,3-5H3;4-7H,3H2,1-2H3;1-2H3/b7-6-,14-13+;;. The van der Waals surface area contributed by atoms with Gasteiger partial charge in [-0.2, -0.15) is 0 Å². The summed E-state index contributed by atoms with van der Waals surface area (Å²) in [6, 6.07) is 17.2. The van der Waals surface area contributed by atoms with Gasteiger partial charge in [0.2, 0.25) is 0 Å². The molecule has 0 radical (unpaired) electrons. The monoisotopic (exact) mass is 362 g/mol. The molecule has 0 nitrogen and oxygen atoms in total. The Morgan fingerprint density at radius 3 is 1.74 bits per heavy atom. The summed E-state index contributed by atoms with van der Waals surface area (Å²) in [5.74, 6) is 0. The van der Waals surface area contributed by atoms with E-state index in [0.717, 1.165) is 12.0 Å². The van der Waals surface area contributed by atoms with Crippen LogP contribution in [0.15, 0.2) is 72.8 Å². The maximum absolute atomic E-state index is 3.94. The molecule has 2 aromatic carbocycles. The topological polar surface area (TPSA) is 0 Å². The molecule has 0 aliphatic carbocycles. The van der Waals surface area contributed by atoms with Crippen LogP contribution in [0.2, 0.25) is 0 Å². The fourth-order valence-corrected chi connectivity index (χ4v) is 2.43. The lowest BCUT2D eigenvalue weighted by Gasteiger charge is -2.06. The van der Waals surface area contributed by atoms with Crippen molar-refractivity contribution < 1.29 is 0 Å². The zero-order chi connectivity index (χ0) is 20.8. The Morgan fingerprint density at radius 2 is 1.33 bits per heavy atom. The van der Waals surface area contributed by atoms with Crippen LogP contribution < -0.4 is 0 Å². The summed E-state index contributed by atoms with van der Waals surface area (Å²) in [6.45, 7) is 20.6. The Morgan fingerprint density at radius 1 is 0.852 bits per heavy atom. The molecular weight excluding hydrogens is 324 g/mol. The van der Waals surface area contributed by atoms with Crippen molar-refractivity contribution in [2.45, 2.75) is 61.8 Å². The van der Waals surface area contributed by atoms with E-state index in [2.05, 4.69) is 95.0 Å². The summed E-state index contributed by atoms with van der Waals surface area (Å²) in [5, 5.41) is 0. The van der Waals surface area contributed by atoms with Gasteiger partial charge in [-0.15, -0.1) is 0 Å². The summed E-state index contributed by atoms with van der Waals surface area (Å²) in [4.78, 5) is 0. The van der Waals surface area contributed by atoms with Crippen LogP contribution in [0.5, 0.6) is 0 Å². The summed E-state index contributed by atoms with van der Waals surface area (Å²) in [5.41, 5.74) is 8.99. The number of hydrogen-bond acceptors (Lipinski definition) is 0. The molecule has 0 fully saturated rings. The number of hydrogen-bond donors (Lipinski definition) is 0. The summed E-state index contributed by atoms with van der Waals surface area (Å²) in [7, 11) is 0. The van der Waals surface area contributed by atoms with Crippen LogP contribution in [0.25, 0.3) is 11.1 Å². The molecule has 2 rings (SSSR count). The van der Waals surface area contributed by atoms with Crippen molar-refractivity contribution in [2.24, 2.45) is 0 Å². The van der Waals surface area contributed by atoms with Gasteiger partial charge in [0, 0.05) is 0 Å². The highest BCUT2D eigenvalue weighted by Crippen LogP contribution is 2.21. The van der Waals surface area contributed by atoms with Crippen molar-refractivity contribution >= 4 is 11.1 Å². The largest absolute Gasteiger partial charge is 0.0955 e. The summed E-state index contributed by atoms with van der Waals surface area (Å²) in [6.07, 6.45) is 5.35. The lowest BCUT2D eigenvalue weighted by molar-refractivity contribution is 1.14. The predicted molar refractivity (Wildman–Crippen MR) is 126 cm³/mol. The molecule has 0 heterocycles. The Kier molecular flexibility index (Phi) is 12.6. The van der Waals surface area contributed by atoms with Crippen LogP contribution in [0.3, 0.4) is 0 Å². The molecule has 27 heavy (non-hydrogen) atoms. The van der Waals surface area contributed by atoms with Gasteiger partial charge in [-0.3, -0.25) is 0 Å². The minimum absolute atomic E-state index is 1.11. The predicted octanol–water partition coefficient (Wildman–Crippen LogP) is 8.67. The molecule has 2 aromatic rings. The molecule has 0 atom stereocenters. The molecule has 0 spiro atoms. The van der Waals surface area contributed by atoms with Gasteiger partial charge < -0.3 is 0 Å². The van der Waals surface area contributed by atoms with Crippen LogP contribution in [-0.2, 0) is 6.42 Å². The molecule has 0 bridgehead atoms. The quantitative estimate of drug-likeness (QED) is 0.477. The number of aryl methyl sites for hydroxylation is 2. The van der Waals surface area contributed by atoms with Crippen molar-refractivity contribution in [1.29, 1.82) is 0 Å². The van der Waals surface area contributed by atoms with E-state index in [1.165, 1.54) is 33.4 Å². The third kappa shape index (κ3) is 9.24. The molecule has 0 saturated carbocycles. The zero-order valence-corrected chi connectivity index (χ0v) is 18.7. The Labute approximate surface area is 168 Å². The van der Waals surface area contributed by atoms with E-state index in [1.807, 2.05) is 27.7 Å². The van der Waals surface area contributed by atoms with E-state index in [9.17, 15) is 0 Å². The molecule has 0 aliphatic heterocycles. The summed E-state index contributed by atoms with van der Waals surface area (Å²) < 4.78 is 0. The third-order valence-corrected chi connectivity index (χ3v) is 4.35. The third-order valence-electron chi connectivity index (χ3n) is 4.35. The second-order valence-corrected chi connectivity index (χ2v) is 6.50. The normalized spacial score (nSPS) is 11.0. The van der Waals surface area contributed by atoms with Crippen LogP contribution in [0.4, 0.5) is 0 Å². The smallest absolute Gasteiger partial charge is 0.0224 e. The van der Waals surface area contributed by atoms with E-state index in [4.69, 9.17) is 0 Å². The van der Waals surface area contributed by atoms with Gasteiger partial charge in [0.25, 0.3) is 0 Å². The van der Waals surface area contributed by atoms with E-state index in [1.54, 1.807) is 0 Å². The molecule has 0 N–H and O–H groups in total. The van der Waals surface area contributed by atoms with Gasteiger partial charge in [-0.1, -0.05) is 99.2 Å². The van der Waals surface area contributed by atoms with Gasteiger partial charge in [-0.05, 0) is 68.9 Å². The van der Waals surface area contributed by atoms with Gasteiger partial charge in [0.05, 0.1) is 0 Å². The average molecular weight is 363 g/mol. The molecule has 146 valence electrons. The molecule has 0 saturated heterocycles. The first kappa shape index (κ1) is 24.7. The number of rotatable bonds is 4. The van der Waals surface area contributed by atoms with E-state index < -0.39 is 0 Å². The van der Waals surface area contributed by atoms with E-state index >= 15 is 0 Å². The van der Waals surface area contributed by atoms with Crippen LogP contribution >= 0.6 is 0 Å². The van der Waals surface area contributed by atoms with Gasteiger partial charge in [-0.25, -0.2) is 0 Å². The minimum Gasteiger partial charge on any atom is -0.0955 e. The van der Waals surface area contributed by atoms with Crippen LogP contribution in [0, 0.1) is 6.92 Å². The highest BCUT2D eigenvalue weighted by atomic mass is 14.0. The van der Waals surface area contributed by atoms with Crippen molar-refractivity contribution in [3.05, 3.63) is 95.1 Å². The van der Waals surface area contributed by atoms with Crippen molar-refractivity contribution in [3.8, 4) is 0 Å². The zero-order valence-electron chi connectivity index (χ0n) is 18.7. The number of allylic oxidation sites excluding steroid dienone is 5. The molecule has 0 aromatic heterocycles. The Bertz CT molecular complexity index is 723. The lowest BCUT2D eigenvalue weighted by atomic mass is 9.99. The fourth-order valence-electron chi connectivity index (χ4n) is 2.43. The lowest BCUT2D eigenvalue weighted by Crippen LogP contribution is -1.85. The van der Waals surface area contributed by atoms with Crippen molar-refractivity contribution in [1.82, 2.24) is 0 Å². The molecule has 0 aliphatic rings. The Hall–Kier alpha value is -2.34. The van der Waals surface area contributed by atoms with Gasteiger partial charge in [0.1, 0.15) is 0 Å². The van der Waals surface area contributed by atoms with Gasteiger partial charge in [0.15, 0.2) is 0 Å². The first-order valence-electron chi connectivity index (χ1n) is 10.0. The van der Waals surface area contributed by atoms with Crippen molar-refractivity contribution in [3.63, 3.8) is 0 Å². The fraction of sp³-hybridized carbons (Fsp3) is 0.333. The second-order valence-electron chi connectivity index (χ2n) is 6.50. The molecular formula is C27H38. The molecule has 0 unspecified atom stereocenters. The Balaban J connectivity index is 0.000000519. The first-order chi connectivity index (χ1) is 12.9. The first-order valence-corrected chi connectivity index (χ1v) is 10.0. The minimum atomic E-state index is 1.11. The molecule has 0 amide bonds. The van der Waals surface area contributed by atoms with E-state index in [0.29, 0.717) is 0 Å². The molecule has 0 heteroatoms. The number of benzene rings is 2. The van der Waals surface area contributed by atoms with Crippen LogP contribution in [-0.4, -0.2) is 0 Å². The second kappa shape index (κ2) is 13.8. The van der Waals surface area contributed by atoms with Crippen LogP contribution in [0.1, 0.15) is 70.7 Å². The maximum atomic E-state index is 3.94.